The second-order valence-corrected chi connectivity index (χ2v) is 9.38. The first-order valence-corrected chi connectivity index (χ1v) is 12.5. The van der Waals surface area contributed by atoms with Crippen LogP contribution in [0.5, 0.6) is 0 Å². The Morgan fingerprint density at radius 3 is 2.08 bits per heavy atom. The number of benzene rings is 4. The molecule has 5 rings (SSSR count). The van der Waals surface area contributed by atoms with Crippen molar-refractivity contribution in [2.24, 2.45) is 5.10 Å². The van der Waals surface area contributed by atoms with Gasteiger partial charge in [-0.2, -0.15) is 5.10 Å². The number of hydrogen-bond donors (Lipinski definition) is 1. The number of aromatic nitrogens is 1. The largest absolute Gasteiger partial charge is 0.309 e. The molecule has 0 saturated carbocycles. The van der Waals surface area contributed by atoms with Crippen LogP contribution >= 0.6 is 27.5 Å². The van der Waals surface area contributed by atoms with Gasteiger partial charge >= 0.3 is 0 Å². The van der Waals surface area contributed by atoms with Gasteiger partial charge < -0.3 is 4.57 Å². The predicted molar refractivity (Wildman–Crippen MR) is 151 cm³/mol. The number of nitrogens with one attached hydrogen (secondary N) is 1. The highest BCUT2D eigenvalue weighted by Gasteiger charge is 2.19. The minimum absolute atomic E-state index is 0.367. The van der Waals surface area contributed by atoms with E-state index in [1.807, 2.05) is 48.5 Å². The molecular formula is C30H21BrClN3O. The number of halogens is 2. The molecule has 4 aromatic carbocycles. The molecule has 0 aliphatic carbocycles. The van der Waals surface area contributed by atoms with E-state index in [1.54, 1.807) is 30.5 Å². The van der Waals surface area contributed by atoms with Crippen LogP contribution in [0.4, 0.5) is 0 Å². The summed E-state index contributed by atoms with van der Waals surface area (Å²) in [7, 11) is 0. The first-order valence-electron chi connectivity index (χ1n) is 11.3. The van der Waals surface area contributed by atoms with Gasteiger partial charge in [-0.25, -0.2) is 5.43 Å². The van der Waals surface area contributed by atoms with Gasteiger partial charge in [-0.3, -0.25) is 4.79 Å². The number of rotatable bonds is 6. The average Bonchev–Trinajstić information content (AvgIpc) is 3.29. The number of nitrogens with zero attached hydrogens (tertiary/aromatic N) is 2. The second kappa shape index (κ2) is 10.8. The number of carbonyl (C=O) groups excluding carboxylic acids is 1. The van der Waals surface area contributed by atoms with Crippen molar-refractivity contribution in [3.8, 4) is 28.2 Å². The summed E-state index contributed by atoms with van der Waals surface area (Å²) in [6, 6.07) is 37.5. The van der Waals surface area contributed by atoms with E-state index in [0.717, 1.165) is 38.2 Å². The maximum atomic E-state index is 12.6. The third-order valence-electron chi connectivity index (χ3n) is 5.72. The summed E-state index contributed by atoms with van der Waals surface area (Å²) in [4.78, 5) is 12.6. The fourth-order valence-electron chi connectivity index (χ4n) is 4.07. The Kier molecular flexibility index (Phi) is 7.12. The van der Waals surface area contributed by atoms with Crippen LogP contribution in [0.2, 0.25) is 5.02 Å². The van der Waals surface area contributed by atoms with Gasteiger partial charge in [-0.1, -0.05) is 100 Å². The normalized spacial score (nSPS) is 11.1. The molecule has 0 saturated heterocycles. The lowest BCUT2D eigenvalue weighted by molar-refractivity contribution is 0.0955. The summed E-state index contributed by atoms with van der Waals surface area (Å²) in [5.41, 5.74) is 8.93. The molecule has 1 heterocycles. The minimum Gasteiger partial charge on any atom is -0.309 e. The second-order valence-electron chi connectivity index (χ2n) is 8.06. The van der Waals surface area contributed by atoms with E-state index in [2.05, 4.69) is 73.5 Å². The lowest BCUT2D eigenvalue weighted by Gasteiger charge is -2.15. The smallest absolute Gasteiger partial charge is 0.272 e. The van der Waals surface area contributed by atoms with Gasteiger partial charge in [-0.05, 0) is 53.6 Å². The average molecular weight is 555 g/mol. The third-order valence-corrected chi connectivity index (χ3v) is 6.58. The monoisotopic (exact) mass is 553 g/mol. The number of carbonyl (C=O) groups is 1. The van der Waals surface area contributed by atoms with Crippen LogP contribution in [0.1, 0.15) is 15.9 Å². The highest BCUT2D eigenvalue weighted by atomic mass is 79.9. The quantitative estimate of drug-likeness (QED) is 0.168. The highest BCUT2D eigenvalue weighted by molar-refractivity contribution is 9.10. The van der Waals surface area contributed by atoms with Crippen molar-refractivity contribution in [1.29, 1.82) is 0 Å². The van der Waals surface area contributed by atoms with Crippen molar-refractivity contribution >= 4 is 39.7 Å². The minimum atomic E-state index is -0.367. The maximum absolute atomic E-state index is 12.6. The van der Waals surface area contributed by atoms with Crippen LogP contribution in [0.3, 0.4) is 0 Å². The fraction of sp³-hybridized carbons (Fsp3) is 0. The van der Waals surface area contributed by atoms with Gasteiger partial charge in [0.25, 0.3) is 5.91 Å². The molecule has 0 aliphatic rings. The Labute approximate surface area is 223 Å². The van der Waals surface area contributed by atoms with Crippen molar-refractivity contribution in [2.45, 2.75) is 0 Å². The molecule has 4 nitrogen and oxygen atoms in total. The molecule has 0 fully saturated rings. The molecule has 0 unspecified atom stereocenters. The topological polar surface area (TPSA) is 46.4 Å². The number of amides is 1. The van der Waals surface area contributed by atoms with Crippen LogP contribution in [-0.4, -0.2) is 16.7 Å². The highest BCUT2D eigenvalue weighted by Crippen LogP contribution is 2.35. The Morgan fingerprint density at radius 2 is 1.42 bits per heavy atom. The van der Waals surface area contributed by atoms with Crippen molar-refractivity contribution in [1.82, 2.24) is 9.99 Å². The molecule has 36 heavy (non-hydrogen) atoms. The van der Waals surface area contributed by atoms with Crippen LogP contribution in [0, 0.1) is 0 Å². The van der Waals surface area contributed by atoms with E-state index >= 15 is 0 Å². The lowest BCUT2D eigenvalue weighted by atomic mass is 10.1. The van der Waals surface area contributed by atoms with Gasteiger partial charge in [0.15, 0.2) is 0 Å². The van der Waals surface area contributed by atoms with Crippen molar-refractivity contribution in [3.63, 3.8) is 0 Å². The Morgan fingerprint density at radius 1 is 0.806 bits per heavy atom. The molecule has 6 heteroatoms. The van der Waals surface area contributed by atoms with E-state index in [9.17, 15) is 4.79 Å². The standard InChI is InChI=1S/C30H21BrClN3O/c31-24-15-17-25(18-16-24)35-28(21-9-3-1-4-10-21)19-23(29(35)22-11-5-2-6-12-22)20-33-34-30(36)26-13-7-8-14-27(26)32/h1-20H,(H,34,36)/b33-20+. The molecule has 0 aliphatic heterocycles. The van der Waals surface area contributed by atoms with Gasteiger partial charge in [-0.15, -0.1) is 0 Å². The molecule has 0 spiro atoms. The van der Waals surface area contributed by atoms with Crippen molar-refractivity contribution in [3.05, 3.63) is 136 Å². The zero-order chi connectivity index (χ0) is 24.9. The van der Waals surface area contributed by atoms with Gasteiger partial charge in [0.05, 0.1) is 28.2 Å². The maximum Gasteiger partial charge on any atom is 0.272 e. The van der Waals surface area contributed by atoms with Crippen LogP contribution < -0.4 is 5.43 Å². The molecule has 1 amide bonds. The van der Waals surface area contributed by atoms with Crippen LogP contribution in [0.25, 0.3) is 28.2 Å². The predicted octanol–water partition coefficient (Wildman–Crippen LogP) is 7.99. The molecular weight excluding hydrogens is 534 g/mol. The van der Waals surface area contributed by atoms with Crippen LogP contribution in [0.15, 0.2) is 125 Å². The summed E-state index contributed by atoms with van der Waals surface area (Å²) in [5.74, 6) is -0.367. The molecule has 0 atom stereocenters. The molecule has 176 valence electrons. The molecule has 0 radical (unpaired) electrons. The Balaban J connectivity index is 1.64. The van der Waals surface area contributed by atoms with Gasteiger partial charge in [0.2, 0.25) is 0 Å². The number of hydrogen-bond acceptors (Lipinski definition) is 2. The Bertz CT molecular complexity index is 1530. The van der Waals surface area contributed by atoms with Crippen LogP contribution in [-0.2, 0) is 0 Å². The van der Waals surface area contributed by atoms with E-state index in [4.69, 9.17) is 11.6 Å². The molecule has 1 N–H and O–H groups in total. The summed E-state index contributed by atoms with van der Waals surface area (Å²) in [6.45, 7) is 0. The third kappa shape index (κ3) is 5.03. The van der Waals surface area contributed by atoms with E-state index < -0.39 is 0 Å². The first kappa shape index (κ1) is 23.8. The fourth-order valence-corrected chi connectivity index (χ4v) is 4.55. The first-order chi connectivity index (χ1) is 17.6. The van der Waals surface area contributed by atoms with Crippen molar-refractivity contribution in [2.75, 3.05) is 0 Å². The summed E-state index contributed by atoms with van der Waals surface area (Å²) < 4.78 is 3.22. The van der Waals surface area contributed by atoms with Gasteiger partial charge in [0.1, 0.15) is 0 Å². The van der Waals surface area contributed by atoms with Gasteiger partial charge in [0, 0.05) is 15.7 Å². The zero-order valence-electron chi connectivity index (χ0n) is 19.1. The van der Waals surface area contributed by atoms with E-state index in [-0.39, 0.29) is 5.91 Å². The van der Waals surface area contributed by atoms with E-state index in [1.165, 1.54) is 0 Å². The zero-order valence-corrected chi connectivity index (χ0v) is 21.4. The molecule has 1 aromatic heterocycles. The van der Waals surface area contributed by atoms with Crippen molar-refractivity contribution < 1.29 is 4.79 Å². The molecule has 5 aromatic rings. The number of hydrazone groups is 1. The van der Waals surface area contributed by atoms with E-state index in [0.29, 0.717) is 10.6 Å². The summed E-state index contributed by atoms with van der Waals surface area (Å²) in [6.07, 6.45) is 1.68. The molecule has 0 bridgehead atoms. The SMILES string of the molecule is O=C(N/N=C/c1cc(-c2ccccc2)n(-c2ccc(Br)cc2)c1-c1ccccc1)c1ccccc1Cl. The summed E-state index contributed by atoms with van der Waals surface area (Å²) in [5, 5.41) is 4.67. The summed E-state index contributed by atoms with van der Waals surface area (Å²) >= 11 is 9.71. The Hall–Kier alpha value is -3.93. The lowest BCUT2D eigenvalue weighted by Crippen LogP contribution is -2.18.